The zero-order chi connectivity index (χ0) is 13.8. The standard InChI is InChI=1S/C16H19ClN2/c1-4-12-10-19-8-7-14(12)16(18-3)13-6-5-11(2)15(17)9-13/h5-10,16,18H,4H2,1-3H3. The quantitative estimate of drug-likeness (QED) is 0.914. The minimum absolute atomic E-state index is 0.149. The highest BCUT2D eigenvalue weighted by molar-refractivity contribution is 6.31. The van der Waals surface area contributed by atoms with Gasteiger partial charge in [-0.25, -0.2) is 0 Å². The van der Waals surface area contributed by atoms with Crippen molar-refractivity contribution in [3.05, 3.63) is 63.9 Å². The van der Waals surface area contributed by atoms with Crippen molar-refractivity contribution >= 4 is 11.6 Å². The molecule has 2 nitrogen and oxygen atoms in total. The molecule has 3 heteroatoms. The minimum Gasteiger partial charge on any atom is -0.309 e. The third-order valence-corrected chi connectivity index (χ3v) is 3.86. The molecule has 100 valence electrons. The Hall–Kier alpha value is -1.38. The van der Waals surface area contributed by atoms with Crippen LogP contribution in [0.5, 0.6) is 0 Å². The maximum absolute atomic E-state index is 6.24. The lowest BCUT2D eigenvalue weighted by atomic mass is 9.94. The van der Waals surface area contributed by atoms with Crippen molar-refractivity contribution in [1.82, 2.24) is 10.3 Å². The third kappa shape index (κ3) is 2.96. The third-order valence-electron chi connectivity index (χ3n) is 3.45. The van der Waals surface area contributed by atoms with Crippen LogP contribution < -0.4 is 5.32 Å². The summed E-state index contributed by atoms with van der Waals surface area (Å²) in [6, 6.07) is 8.46. The van der Waals surface area contributed by atoms with Gasteiger partial charge in [0.2, 0.25) is 0 Å². The molecule has 0 saturated heterocycles. The maximum atomic E-state index is 6.24. The number of rotatable bonds is 4. The number of nitrogens with one attached hydrogen (secondary N) is 1. The highest BCUT2D eigenvalue weighted by atomic mass is 35.5. The van der Waals surface area contributed by atoms with Gasteiger partial charge in [-0.2, -0.15) is 0 Å². The maximum Gasteiger partial charge on any atom is 0.0578 e. The fourth-order valence-electron chi connectivity index (χ4n) is 2.31. The number of pyridine rings is 1. The van der Waals surface area contributed by atoms with Gasteiger partial charge in [0.05, 0.1) is 6.04 Å². The van der Waals surface area contributed by atoms with Crippen molar-refractivity contribution in [2.24, 2.45) is 0 Å². The molecule has 1 aromatic carbocycles. The number of nitrogens with zero attached hydrogens (tertiary/aromatic N) is 1. The number of hydrogen-bond acceptors (Lipinski definition) is 2. The van der Waals surface area contributed by atoms with E-state index < -0.39 is 0 Å². The second kappa shape index (κ2) is 6.18. The smallest absolute Gasteiger partial charge is 0.0578 e. The van der Waals surface area contributed by atoms with Gasteiger partial charge in [0.15, 0.2) is 0 Å². The molecule has 1 heterocycles. The van der Waals surface area contributed by atoms with Gasteiger partial charge in [0.25, 0.3) is 0 Å². The van der Waals surface area contributed by atoms with Crippen LogP contribution in [-0.4, -0.2) is 12.0 Å². The molecule has 1 atom stereocenters. The van der Waals surface area contributed by atoms with Crippen molar-refractivity contribution in [1.29, 1.82) is 0 Å². The molecule has 0 radical (unpaired) electrons. The molecule has 19 heavy (non-hydrogen) atoms. The zero-order valence-electron chi connectivity index (χ0n) is 11.6. The van der Waals surface area contributed by atoms with Crippen molar-refractivity contribution < 1.29 is 0 Å². The van der Waals surface area contributed by atoms with Gasteiger partial charge in [-0.1, -0.05) is 30.7 Å². The fourth-order valence-corrected chi connectivity index (χ4v) is 2.49. The van der Waals surface area contributed by atoms with Gasteiger partial charge >= 0.3 is 0 Å². The molecule has 2 rings (SSSR count). The van der Waals surface area contributed by atoms with Crippen LogP contribution in [0.2, 0.25) is 5.02 Å². The van der Waals surface area contributed by atoms with E-state index in [0.717, 1.165) is 17.0 Å². The van der Waals surface area contributed by atoms with E-state index >= 15 is 0 Å². The summed E-state index contributed by atoms with van der Waals surface area (Å²) >= 11 is 6.24. The second-order valence-corrected chi connectivity index (χ2v) is 5.07. The highest BCUT2D eigenvalue weighted by Crippen LogP contribution is 2.27. The first kappa shape index (κ1) is 14.0. The summed E-state index contributed by atoms with van der Waals surface area (Å²) in [6.45, 7) is 4.17. The van der Waals surface area contributed by atoms with Gasteiger partial charge in [-0.3, -0.25) is 4.98 Å². The van der Waals surface area contributed by atoms with Crippen LogP contribution in [-0.2, 0) is 6.42 Å². The van der Waals surface area contributed by atoms with Crippen LogP contribution in [0.1, 0.15) is 35.2 Å². The number of hydrogen-bond donors (Lipinski definition) is 1. The average Bonchev–Trinajstić information content (AvgIpc) is 2.44. The summed E-state index contributed by atoms with van der Waals surface area (Å²) < 4.78 is 0. The first-order valence-corrected chi connectivity index (χ1v) is 6.91. The lowest BCUT2D eigenvalue weighted by molar-refractivity contribution is 0.682. The van der Waals surface area contributed by atoms with Gasteiger partial charge in [-0.15, -0.1) is 0 Å². The van der Waals surface area contributed by atoms with Crippen molar-refractivity contribution in [3.63, 3.8) is 0 Å². The lowest BCUT2D eigenvalue weighted by Gasteiger charge is -2.20. The Morgan fingerprint density at radius 2 is 2.11 bits per heavy atom. The van der Waals surface area contributed by atoms with Crippen molar-refractivity contribution in [2.45, 2.75) is 26.3 Å². The summed E-state index contributed by atoms with van der Waals surface area (Å²) in [5, 5.41) is 4.18. The Morgan fingerprint density at radius 1 is 1.32 bits per heavy atom. The van der Waals surface area contributed by atoms with Crippen LogP contribution in [0.4, 0.5) is 0 Å². The highest BCUT2D eigenvalue weighted by Gasteiger charge is 2.15. The molecule has 1 N–H and O–H groups in total. The summed E-state index contributed by atoms with van der Waals surface area (Å²) in [4.78, 5) is 4.20. The summed E-state index contributed by atoms with van der Waals surface area (Å²) in [7, 11) is 1.97. The number of aryl methyl sites for hydroxylation is 2. The molecule has 2 aromatic rings. The monoisotopic (exact) mass is 274 g/mol. The molecule has 0 aliphatic rings. The largest absolute Gasteiger partial charge is 0.309 e. The fraction of sp³-hybridized carbons (Fsp3) is 0.312. The van der Waals surface area contributed by atoms with Gasteiger partial charge in [0, 0.05) is 17.4 Å². The van der Waals surface area contributed by atoms with Crippen LogP contribution in [0, 0.1) is 6.92 Å². The van der Waals surface area contributed by atoms with E-state index in [9.17, 15) is 0 Å². The van der Waals surface area contributed by atoms with E-state index in [1.54, 1.807) is 0 Å². The Morgan fingerprint density at radius 3 is 2.74 bits per heavy atom. The molecule has 1 unspecified atom stereocenters. The zero-order valence-corrected chi connectivity index (χ0v) is 12.3. The number of halogens is 1. The first-order chi connectivity index (χ1) is 9.17. The molecule has 0 amide bonds. The van der Waals surface area contributed by atoms with Crippen LogP contribution >= 0.6 is 11.6 Å². The molecule has 0 fully saturated rings. The number of aromatic nitrogens is 1. The molecule has 0 aliphatic heterocycles. The van der Waals surface area contributed by atoms with Crippen LogP contribution in [0.15, 0.2) is 36.7 Å². The van der Waals surface area contributed by atoms with Gasteiger partial charge in [-0.05, 0) is 54.8 Å². The Kier molecular flexibility index (Phi) is 4.56. The SMILES string of the molecule is CCc1cnccc1C(NC)c1ccc(C)c(Cl)c1. The topological polar surface area (TPSA) is 24.9 Å². The number of benzene rings is 1. The molecule has 0 spiro atoms. The second-order valence-electron chi connectivity index (χ2n) is 4.66. The predicted molar refractivity (Wildman–Crippen MR) is 80.7 cm³/mol. The van der Waals surface area contributed by atoms with Gasteiger partial charge < -0.3 is 5.32 Å². The molecular formula is C16H19ClN2. The Labute approximate surface area is 119 Å². The van der Waals surface area contributed by atoms with E-state index in [1.165, 1.54) is 16.7 Å². The van der Waals surface area contributed by atoms with E-state index in [0.29, 0.717) is 0 Å². The Bertz CT molecular complexity index is 566. The predicted octanol–water partition coefficient (Wildman–Crippen LogP) is 3.91. The summed E-state index contributed by atoms with van der Waals surface area (Å²) in [5.74, 6) is 0. The van der Waals surface area contributed by atoms with E-state index in [1.807, 2.05) is 32.4 Å². The molecule has 1 aromatic heterocycles. The molecule has 0 saturated carbocycles. The van der Waals surface area contributed by atoms with Crippen LogP contribution in [0.3, 0.4) is 0 Å². The summed E-state index contributed by atoms with van der Waals surface area (Å²) in [6.07, 6.45) is 4.76. The molecule has 0 bridgehead atoms. The average molecular weight is 275 g/mol. The summed E-state index contributed by atoms with van der Waals surface area (Å²) in [5.41, 5.74) is 4.81. The van der Waals surface area contributed by atoms with E-state index in [4.69, 9.17) is 11.6 Å². The molecular weight excluding hydrogens is 256 g/mol. The van der Waals surface area contributed by atoms with E-state index in [-0.39, 0.29) is 6.04 Å². The van der Waals surface area contributed by atoms with Gasteiger partial charge in [0.1, 0.15) is 0 Å². The molecule has 0 aliphatic carbocycles. The van der Waals surface area contributed by atoms with Crippen molar-refractivity contribution in [3.8, 4) is 0 Å². The Balaban J connectivity index is 2.46. The van der Waals surface area contributed by atoms with E-state index in [2.05, 4.69) is 35.4 Å². The van der Waals surface area contributed by atoms with Crippen molar-refractivity contribution in [2.75, 3.05) is 7.05 Å². The lowest BCUT2D eigenvalue weighted by Crippen LogP contribution is -2.19. The van der Waals surface area contributed by atoms with Crippen LogP contribution in [0.25, 0.3) is 0 Å². The minimum atomic E-state index is 0.149. The first-order valence-electron chi connectivity index (χ1n) is 6.53. The normalized spacial score (nSPS) is 12.4.